The SMILES string of the molecule is CCOC(=O)CC(C)CCCCCCCCCOC1CCCCO1. The van der Waals surface area contributed by atoms with E-state index in [0.29, 0.717) is 18.9 Å². The fourth-order valence-electron chi connectivity index (χ4n) is 3.14. The predicted octanol–water partition coefficient (Wildman–Crippen LogP) is 5.24. The Balaban J connectivity index is 1.79. The molecule has 0 amide bonds. The number of hydrogen-bond acceptors (Lipinski definition) is 4. The molecule has 1 rings (SSSR count). The van der Waals surface area contributed by atoms with Crippen LogP contribution in [0, 0.1) is 5.92 Å². The number of esters is 1. The lowest BCUT2D eigenvalue weighted by molar-refractivity contribution is -0.162. The molecule has 1 saturated heterocycles. The van der Waals surface area contributed by atoms with Crippen molar-refractivity contribution >= 4 is 5.97 Å². The van der Waals surface area contributed by atoms with E-state index in [2.05, 4.69) is 6.92 Å². The maximum Gasteiger partial charge on any atom is 0.306 e. The fraction of sp³-hybridized carbons (Fsp3) is 0.950. The van der Waals surface area contributed by atoms with Gasteiger partial charge in [-0.15, -0.1) is 0 Å². The van der Waals surface area contributed by atoms with Crippen LogP contribution in [0.15, 0.2) is 0 Å². The van der Waals surface area contributed by atoms with Gasteiger partial charge in [-0.1, -0.05) is 51.9 Å². The highest BCUT2D eigenvalue weighted by atomic mass is 16.7. The summed E-state index contributed by atoms with van der Waals surface area (Å²) < 4.78 is 16.3. The van der Waals surface area contributed by atoms with Gasteiger partial charge in [0.25, 0.3) is 0 Å². The van der Waals surface area contributed by atoms with Crippen molar-refractivity contribution in [2.45, 2.75) is 97.2 Å². The Morgan fingerprint density at radius 1 is 1.08 bits per heavy atom. The molecule has 1 aliphatic rings. The average molecular weight is 343 g/mol. The summed E-state index contributed by atoms with van der Waals surface area (Å²) in [7, 11) is 0. The van der Waals surface area contributed by atoms with Crippen LogP contribution in [-0.2, 0) is 19.0 Å². The Morgan fingerprint density at radius 3 is 2.46 bits per heavy atom. The van der Waals surface area contributed by atoms with Crippen LogP contribution in [0.25, 0.3) is 0 Å². The molecule has 0 N–H and O–H groups in total. The molecule has 4 nitrogen and oxygen atoms in total. The van der Waals surface area contributed by atoms with Gasteiger partial charge in [0.1, 0.15) is 0 Å². The summed E-state index contributed by atoms with van der Waals surface area (Å²) in [5, 5.41) is 0. The number of ether oxygens (including phenoxy) is 3. The van der Waals surface area contributed by atoms with Crippen LogP contribution in [0.5, 0.6) is 0 Å². The minimum absolute atomic E-state index is 0.0501. The van der Waals surface area contributed by atoms with Gasteiger partial charge in [-0.2, -0.15) is 0 Å². The molecule has 1 aliphatic heterocycles. The first-order chi connectivity index (χ1) is 11.7. The highest BCUT2D eigenvalue weighted by Crippen LogP contribution is 2.16. The quantitative estimate of drug-likeness (QED) is 0.320. The van der Waals surface area contributed by atoms with Crippen LogP contribution in [0.2, 0.25) is 0 Å². The molecule has 0 radical (unpaired) electrons. The highest BCUT2D eigenvalue weighted by Gasteiger charge is 2.13. The molecule has 1 fully saturated rings. The summed E-state index contributed by atoms with van der Waals surface area (Å²) in [5.74, 6) is 0.397. The summed E-state index contributed by atoms with van der Waals surface area (Å²) in [6.07, 6.45) is 14.1. The Morgan fingerprint density at radius 2 is 1.79 bits per heavy atom. The van der Waals surface area contributed by atoms with E-state index in [-0.39, 0.29) is 12.3 Å². The Hall–Kier alpha value is -0.610. The molecule has 0 aliphatic carbocycles. The molecule has 142 valence electrons. The van der Waals surface area contributed by atoms with Crippen molar-refractivity contribution in [3.8, 4) is 0 Å². The normalized spacial score (nSPS) is 19.2. The number of unbranched alkanes of at least 4 members (excludes halogenated alkanes) is 6. The minimum Gasteiger partial charge on any atom is -0.466 e. The van der Waals surface area contributed by atoms with Crippen molar-refractivity contribution in [1.82, 2.24) is 0 Å². The van der Waals surface area contributed by atoms with E-state index in [1.54, 1.807) is 0 Å². The van der Waals surface area contributed by atoms with Crippen molar-refractivity contribution in [2.24, 2.45) is 5.92 Å². The van der Waals surface area contributed by atoms with Gasteiger partial charge in [-0.05, 0) is 38.5 Å². The fourth-order valence-corrected chi connectivity index (χ4v) is 3.14. The van der Waals surface area contributed by atoms with Crippen LogP contribution in [0.4, 0.5) is 0 Å². The van der Waals surface area contributed by atoms with Crippen LogP contribution in [-0.4, -0.2) is 32.1 Å². The molecule has 2 unspecified atom stereocenters. The standard InChI is InChI=1S/C20H38O4/c1-3-22-19(21)17-18(2)13-9-7-5-4-6-8-11-15-23-20-14-10-12-16-24-20/h18,20H,3-17H2,1-2H3. The molecule has 0 aromatic heterocycles. The van der Waals surface area contributed by atoms with Crippen LogP contribution >= 0.6 is 0 Å². The third-order valence-corrected chi connectivity index (χ3v) is 4.60. The predicted molar refractivity (Wildman–Crippen MR) is 96.9 cm³/mol. The molecule has 4 heteroatoms. The number of carbonyl (C=O) groups excluding carboxylic acids is 1. The minimum atomic E-state index is -0.0501. The second-order valence-corrected chi connectivity index (χ2v) is 7.04. The van der Waals surface area contributed by atoms with Gasteiger partial charge in [-0.25, -0.2) is 0 Å². The Labute approximate surface area is 148 Å². The molecule has 2 atom stereocenters. The van der Waals surface area contributed by atoms with Gasteiger partial charge < -0.3 is 14.2 Å². The number of rotatable bonds is 14. The van der Waals surface area contributed by atoms with Crippen molar-refractivity contribution in [1.29, 1.82) is 0 Å². The van der Waals surface area contributed by atoms with Crippen molar-refractivity contribution < 1.29 is 19.0 Å². The maximum atomic E-state index is 11.4. The number of hydrogen-bond donors (Lipinski definition) is 0. The molecule has 0 spiro atoms. The molecule has 0 aromatic rings. The van der Waals surface area contributed by atoms with E-state index < -0.39 is 0 Å². The largest absolute Gasteiger partial charge is 0.466 e. The second kappa shape index (κ2) is 14.7. The van der Waals surface area contributed by atoms with E-state index in [9.17, 15) is 4.79 Å². The van der Waals surface area contributed by atoms with E-state index >= 15 is 0 Å². The average Bonchev–Trinajstić information content (AvgIpc) is 2.57. The third kappa shape index (κ3) is 11.9. The lowest BCUT2D eigenvalue weighted by Crippen LogP contribution is -2.22. The van der Waals surface area contributed by atoms with Crippen LogP contribution in [0.1, 0.15) is 90.9 Å². The van der Waals surface area contributed by atoms with E-state index in [4.69, 9.17) is 14.2 Å². The third-order valence-electron chi connectivity index (χ3n) is 4.60. The zero-order valence-corrected chi connectivity index (χ0v) is 15.9. The van der Waals surface area contributed by atoms with E-state index in [1.165, 1.54) is 51.4 Å². The van der Waals surface area contributed by atoms with Crippen molar-refractivity contribution in [2.75, 3.05) is 19.8 Å². The Bertz CT molecular complexity index is 300. The zero-order chi connectivity index (χ0) is 17.5. The first-order valence-corrected chi connectivity index (χ1v) is 10.1. The lowest BCUT2D eigenvalue weighted by atomic mass is 9.99. The smallest absolute Gasteiger partial charge is 0.306 e. The van der Waals surface area contributed by atoms with Gasteiger partial charge in [0.15, 0.2) is 6.29 Å². The van der Waals surface area contributed by atoms with Gasteiger partial charge in [0.2, 0.25) is 0 Å². The molecule has 0 bridgehead atoms. The molecule has 24 heavy (non-hydrogen) atoms. The zero-order valence-electron chi connectivity index (χ0n) is 15.9. The summed E-state index contributed by atoms with van der Waals surface area (Å²) in [6, 6.07) is 0. The monoisotopic (exact) mass is 342 g/mol. The van der Waals surface area contributed by atoms with Gasteiger partial charge in [-0.3, -0.25) is 4.79 Å². The summed E-state index contributed by atoms with van der Waals surface area (Å²) in [5.41, 5.74) is 0. The molecule has 1 heterocycles. The molecular weight excluding hydrogens is 304 g/mol. The highest BCUT2D eigenvalue weighted by molar-refractivity contribution is 5.69. The first-order valence-electron chi connectivity index (χ1n) is 10.1. The van der Waals surface area contributed by atoms with Crippen molar-refractivity contribution in [3.05, 3.63) is 0 Å². The topological polar surface area (TPSA) is 44.8 Å². The van der Waals surface area contributed by atoms with Gasteiger partial charge >= 0.3 is 5.97 Å². The maximum absolute atomic E-state index is 11.4. The summed E-state index contributed by atoms with van der Waals surface area (Å²) in [4.78, 5) is 11.4. The van der Waals surface area contributed by atoms with Crippen molar-refractivity contribution in [3.63, 3.8) is 0 Å². The van der Waals surface area contributed by atoms with E-state index in [0.717, 1.165) is 32.5 Å². The number of carbonyl (C=O) groups is 1. The van der Waals surface area contributed by atoms with Gasteiger partial charge in [0, 0.05) is 19.6 Å². The van der Waals surface area contributed by atoms with E-state index in [1.807, 2.05) is 6.92 Å². The van der Waals surface area contributed by atoms with Crippen LogP contribution in [0.3, 0.4) is 0 Å². The second-order valence-electron chi connectivity index (χ2n) is 7.04. The molecule has 0 aromatic carbocycles. The molecular formula is C20H38O4. The summed E-state index contributed by atoms with van der Waals surface area (Å²) in [6.45, 7) is 6.20. The Kier molecular flexibility index (Phi) is 13.1. The summed E-state index contributed by atoms with van der Waals surface area (Å²) >= 11 is 0. The first kappa shape index (κ1) is 21.4. The van der Waals surface area contributed by atoms with Crippen LogP contribution < -0.4 is 0 Å². The van der Waals surface area contributed by atoms with Gasteiger partial charge in [0.05, 0.1) is 6.61 Å². The lowest BCUT2D eigenvalue weighted by Gasteiger charge is -2.22. The molecule has 0 saturated carbocycles.